The van der Waals surface area contributed by atoms with Crippen LogP contribution >= 0.6 is 0 Å². The van der Waals surface area contributed by atoms with Crippen molar-refractivity contribution in [3.8, 4) is 0 Å². The van der Waals surface area contributed by atoms with Crippen molar-refractivity contribution in [3.63, 3.8) is 0 Å². The standard InChI is InChI=1S/C13H11FN4O/c14-10-7-9(1-2-11(10)15)8-17-5-6-18-12(13(17)19)3-4-16-18/h1-7H,8,15H2. The number of hydrogen-bond acceptors (Lipinski definition) is 3. The minimum Gasteiger partial charge on any atom is -0.396 e. The summed E-state index contributed by atoms with van der Waals surface area (Å²) in [6, 6.07) is 6.17. The number of anilines is 1. The lowest BCUT2D eigenvalue weighted by molar-refractivity contribution is 0.627. The largest absolute Gasteiger partial charge is 0.396 e. The number of hydrogen-bond donors (Lipinski definition) is 1. The first kappa shape index (κ1) is 11.5. The molecule has 96 valence electrons. The summed E-state index contributed by atoms with van der Waals surface area (Å²) < 4.78 is 16.4. The molecule has 0 aliphatic rings. The molecule has 0 aliphatic carbocycles. The normalized spacial score (nSPS) is 11.0. The Morgan fingerprint density at radius 3 is 2.89 bits per heavy atom. The summed E-state index contributed by atoms with van der Waals surface area (Å²) in [4.78, 5) is 12.1. The van der Waals surface area contributed by atoms with Crippen LogP contribution in [0.3, 0.4) is 0 Å². The second kappa shape index (κ2) is 4.24. The Bertz CT molecular complexity index is 806. The van der Waals surface area contributed by atoms with Gasteiger partial charge in [-0.05, 0) is 23.8 Å². The third-order valence-corrected chi connectivity index (χ3v) is 2.96. The van der Waals surface area contributed by atoms with Gasteiger partial charge in [0, 0.05) is 12.4 Å². The highest BCUT2D eigenvalue weighted by molar-refractivity contribution is 5.43. The monoisotopic (exact) mass is 258 g/mol. The van der Waals surface area contributed by atoms with Crippen molar-refractivity contribution in [1.82, 2.24) is 14.2 Å². The minimum absolute atomic E-state index is 0.0994. The Balaban J connectivity index is 2.03. The van der Waals surface area contributed by atoms with E-state index in [-0.39, 0.29) is 17.8 Å². The predicted molar refractivity (Wildman–Crippen MR) is 69.4 cm³/mol. The summed E-state index contributed by atoms with van der Waals surface area (Å²) in [6.07, 6.45) is 4.87. The van der Waals surface area contributed by atoms with Gasteiger partial charge in [-0.25, -0.2) is 8.91 Å². The molecule has 0 saturated carbocycles. The number of nitrogen functional groups attached to an aromatic ring is 1. The quantitative estimate of drug-likeness (QED) is 0.704. The van der Waals surface area contributed by atoms with Gasteiger partial charge in [0.25, 0.3) is 5.56 Å². The van der Waals surface area contributed by atoms with Gasteiger partial charge < -0.3 is 10.3 Å². The first-order valence-electron chi connectivity index (χ1n) is 5.72. The highest BCUT2D eigenvalue weighted by Gasteiger charge is 2.05. The molecular formula is C13H11FN4O. The molecule has 0 aliphatic heterocycles. The molecular weight excluding hydrogens is 247 g/mol. The number of aromatic nitrogens is 3. The van der Waals surface area contributed by atoms with E-state index in [2.05, 4.69) is 5.10 Å². The molecule has 1 aromatic carbocycles. The second-order valence-electron chi connectivity index (χ2n) is 4.25. The fraction of sp³-hybridized carbons (Fsp3) is 0.0769. The molecule has 0 bridgehead atoms. The van der Waals surface area contributed by atoms with Crippen LogP contribution in [0.25, 0.3) is 5.52 Å². The number of fused-ring (bicyclic) bond motifs is 1. The Morgan fingerprint density at radius 1 is 1.26 bits per heavy atom. The van der Waals surface area contributed by atoms with Gasteiger partial charge in [-0.2, -0.15) is 5.10 Å². The minimum atomic E-state index is -0.476. The highest BCUT2D eigenvalue weighted by atomic mass is 19.1. The topological polar surface area (TPSA) is 65.3 Å². The molecule has 6 heteroatoms. The smallest absolute Gasteiger partial charge is 0.276 e. The zero-order valence-electron chi connectivity index (χ0n) is 9.95. The molecule has 5 nitrogen and oxygen atoms in total. The van der Waals surface area contributed by atoms with Crippen LogP contribution in [0, 0.1) is 5.82 Å². The Morgan fingerprint density at radius 2 is 2.11 bits per heavy atom. The van der Waals surface area contributed by atoms with Gasteiger partial charge in [0.05, 0.1) is 18.4 Å². The van der Waals surface area contributed by atoms with E-state index in [1.807, 2.05) is 0 Å². The molecule has 0 amide bonds. The van der Waals surface area contributed by atoms with Crippen LogP contribution in [0.15, 0.2) is 47.7 Å². The van der Waals surface area contributed by atoms with Crippen molar-refractivity contribution in [2.24, 2.45) is 0 Å². The van der Waals surface area contributed by atoms with Gasteiger partial charge in [0.1, 0.15) is 11.3 Å². The van der Waals surface area contributed by atoms with Crippen LogP contribution in [-0.2, 0) is 6.54 Å². The maximum Gasteiger partial charge on any atom is 0.276 e. The summed E-state index contributed by atoms with van der Waals surface area (Å²) in [5.41, 5.74) is 6.51. The van der Waals surface area contributed by atoms with E-state index in [4.69, 9.17) is 5.73 Å². The van der Waals surface area contributed by atoms with E-state index in [1.54, 1.807) is 30.7 Å². The third-order valence-electron chi connectivity index (χ3n) is 2.96. The lowest BCUT2D eigenvalue weighted by Crippen LogP contribution is -2.21. The molecule has 0 fully saturated rings. The molecule has 3 aromatic rings. The maximum absolute atomic E-state index is 13.4. The van der Waals surface area contributed by atoms with Gasteiger partial charge in [0.2, 0.25) is 0 Å². The summed E-state index contributed by atoms with van der Waals surface area (Å²) in [5, 5.41) is 3.98. The van der Waals surface area contributed by atoms with Gasteiger partial charge in [-0.15, -0.1) is 0 Å². The number of rotatable bonds is 2. The molecule has 19 heavy (non-hydrogen) atoms. The Labute approximate surface area is 107 Å². The van der Waals surface area contributed by atoms with Crippen LogP contribution in [-0.4, -0.2) is 14.2 Å². The van der Waals surface area contributed by atoms with Crippen molar-refractivity contribution in [2.75, 3.05) is 5.73 Å². The number of halogens is 1. The lowest BCUT2D eigenvalue weighted by Gasteiger charge is -2.07. The summed E-state index contributed by atoms with van der Waals surface area (Å²) in [6.45, 7) is 0.289. The molecule has 0 atom stereocenters. The average Bonchev–Trinajstić information content (AvgIpc) is 2.86. The fourth-order valence-electron chi connectivity index (χ4n) is 1.95. The molecule has 3 rings (SSSR count). The zero-order valence-corrected chi connectivity index (χ0v) is 9.95. The van der Waals surface area contributed by atoms with Gasteiger partial charge >= 0.3 is 0 Å². The summed E-state index contributed by atoms with van der Waals surface area (Å²) >= 11 is 0. The van der Waals surface area contributed by atoms with Crippen LogP contribution in [0.4, 0.5) is 10.1 Å². The maximum atomic E-state index is 13.4. The predicted octanol–water partition coefficient (Wildman–Crippen LogP) is 1.27. The van der Waals surface area contributed by atoms with Crippen LogP contribution in [0.2, 0.25) is 0 Å². The highest BCUT2D eigenvalue weighted by Crippen LogP contribution is 2.12. The van der Waals surface area contributed by atoms with Crippen LogP contribution in [0.1, 0.15) is 5.56 Å². The van der Waals surface area contributed by atoms with Crippen molar-refractivity contribution in [1.29, 1.82) is 0 Å². The molecule has 2 heterocycles. The molecule has 0 unspecified atom stereocenters. The zero-order chi connectivity index (χ0) is 13.4. The van der Waals surface area contributed by atoms with Crippen LogP contribution < -0.4 is 11.3 Å². The van der Waals surface area contributed by atoms with E-state index in [9.17, 15) is 9.18 Å². The van der Waals surface area contributed by atoms with E-state index >= 15 is 0 Å². The fourth-order valence-corrected chi connectivity index (χ4v) is 1.95. The molecule has 2 aromatic heterocycles. The van der Waals surface area contributed by atoms with Gasteiger partial charge in [0.15, 0.2) is 0 Å². The van der Waals surface area contributed by atoms with E-state index < -0.39 is 5.82 Å². The Hall–Kier alpha value is -2.63. The first-order chi connectivity index (χ1) is 9.15. The summed E-state index contributed by atoms with van der Waals surface area (Å²) in [7, 11) is 0. The number of nitrogens with two attached hydrogens (primary N) is 1. The van der Waals surface area contributed by atoms with Crippen molar-refractivity contribution >= 4 is 11.2 Å². The lowest BCUT2D eigenvalue weighted by atomic mass is 10.2. The molecule has 0 radical (unpaired) electrons. The summed E-state index contributed by atoms with van der Waals surface area (Å²) in [5.74, 6) is -0.476. The number of nitrogens with zero attached hydrogens (tertiary/aromatic N) is 3. The molecule has 2 N–H and O–H groups in total. The van der Waals surface area contributed by atoms with Gasteiger partial charge in [-0.3, -0.25) is 4.79 Å². The van der Waals surface area contributed by atoms with E-state index in [1.165, 1.54) is 21.2 Å². The average molecular weight is 258 g/mol. The SMILES string of the molecule is Nc1ccc(Cn2ccn3nccc3c2=O)cc1F. The Kier molecular flexibility index (Phi) is 2.56. The molecule has 0 spiro atoms. The first-order valence-corrected chi connectivity index (χ1v) is 5.72. The van der Waals surface area contributed by atoms with E-state index in [0.29, 0.717) is 11.1 Å². The van der Waals surface area contributed by atoms with Crippen molar-refractivity contribution in [3.05, 3.63) is 64.6 Å². The van der Waals surface area contributed by atoms with Gasteiger partial charge in [-0.1, -0.05) is 6.07 Å². The van der Waals surface area contributed by atoms with Crippen molar-refractivity contribution < 1.29 is 4.39 Å². The van der Waals surface area contributed by atoms with E-state index in [0.717, 1.165) is 0 Å². The van der Waals surface area contributed by atoms with Crippen LogP contribution in [0.5, 0.6) is 0 Å². The molecule has 0 saturated heterocycles. The number of benzene rings is 1. The third kappa shape index (κ3) is 1.97. The second-order valence-corrected chi connectivity index (χ2v) is 4.25. The van der Waals surface area contributed by atoms with Crippen molar-refractivity contribution in [2.45, 2.75) is 6.54 Å².